The van der Waals surface area contributed by atoms with Crippen molar-refractivity contribution in [3.8, 4) is 23.2 Å². The highest BCUT2D eigenvalue weighted by atomic mass is 16.5. The van der Waals surface area contributed by atoms with E-state index in [2.05, 4.69) is 46.8 Å². The summed E-state index contributed by atoms with van der Waals surface area (Å²) in [4.78, 5) is 9.26. The number of aryl methyl sites for hydroxylation is 3. The molecular weight excluding hydrogens is 422 g/mol. The molecule has 6 aromatic rings. The van der Waals surface area contributed by atoms with Gasteiger partial charge in [0.2, 0.25) is 5.88 Å². The van der Waals surface area contributed by atoms with Gasteiger partial charge in [-0.2, -0.15) is 0 Å². The molecule has 0 aliphatic carbocycles. The van der Waals surface area contributed by atoms with Gasteiger partial charge in [-0.25, -0.2) is 9.97 Å². The number of phenols is 1. The number of fused-ring (bicyclic) bond motifs is 4. The fourth-order valence-electron chi connectivity index (χ4n) is 4.52. The fraction of sp³-hybridized carbons (Fsp3) is 0.103. The van der Waals surface area contributed by atoms with E-state index >= 15 is 0 Å². The highest BCUT2D eigenvalue weighted by Crippen LogP contribution is 2.36. The molecule has 0 aliphatic rings. The van der Waals surface area contributed by atoms with E-state index in [0.29, 0.717) is 17.1 Å². The van der Waals surface area contributed by atoms with Gasteiger partial charge < -0.3 is 9.84 Å². The van der Waals surface area contributed by atoms with Crippen LogP contribution in [0.5, 0.6) is 17.4 Å². The molecule has 0 unspecified atom stereocenters. The summed E-state index contributed by atoms with van der Waals surface area (Å²) in [6, 6.07) is 24.0. The molecule has 0 fully saturated rings. The zero-order valence-corrected chi connectivity index (χ0v) is 19.2. The Balaban J connectivity index is 1.52. The zero-order valence-electron chi connectivity index (χ0n) is 19.2. The Labute approximate surface area is 196 Å². The maximum Gasteiger partial charge on any atom is 0.219 e. The minimum Gasteiger partial charge on any atom is -0.506 e. The summed E-state index contributed by atoms with van der Waals surface area (Å²) >= 11 is 0. The van der Waals surface area contributed by atoms with Gasteiger partial charge in [0.1, 0.15) is 22.8 Å². The zero-order chi connectivity index (χ0) is 23.4. The monoisotopic (exact) mass is 445 g/mol. The number of benzene rings is 3. The normalized spacial score (nSPS) is 11.5. The highest BCUT2D eigenvalue weighted by Gasteiger charge is 2.15. The molecule has 3 aromatic heterocycles. The summed E-state index contributed by atoms with van der Waals surface area (Å²) < 4.78 is 8.33. The molecule has 0 radical (unpaired) electrons. The maximum atomic E-state index is 10.3. The van der Waals surface area contributed by atoms with Crippen LogP contribution in [0.4, 0.5) is 0 Å². The molecule has 0 amide bonds. The van der Waals surface area contributed by atoms with Crippen LogP contribution in [-0.4, -0.2) is 19.6 Å². The Kier molecular flexibility index (Phi) is 4.52. The van der Waals surface area contributed by atoms with Gasteiger partial charge in [0.05, 0.1) is 11.0 Å². The van der Waals surface area contributed by atoms with Crippen LogP contribution in [0.15, 0.2) is 79.0 Å². The Morgan fingerprint density at radius 3 is 2.38 bits per heavy atom. The van der Waals surface area contributed by atoms with Crippen molar-refractivity contribution in [1.29, 1.82) is 0 Å². The van der Waals surface area contributed by atoms with Gasteiger partial charge in [-0.05, 0) is 74.4 Å². The number of hydrogen-bond acceptors (Lipinski definition) is 4. The lowest BCUT2D eigenvalue weighted by molar-refractivity contribution is 0.460. The molecule has 0 atom stereocenters. The Bertz CT molecular complexity index is 1720. The number of hydrogen-bond donors (Lipinski definition) is 1. The summed E-state index contributed by atoms with van der Waals surface area (Å²) in [6.45, 7) is 6.14. The number of nitrogens with zero attached hydrogens (tertiary/aromatic N) is 3. The SMILES string of the molecule is Cc1ccc(-n2c3ccc(C)cc3c3ccc(Oc4ccc5c(C)ccc(O)c5n4)cc32)nc1. The van der Waals surface area contributed by atoms with Crippen LogP contribution in [0.2, 0.25) is 0 Å². The lowest BCUT2D eigenvalue weighted by Gasteiger charge is -2.10. The average Bonchev–Trinajstić information content (AvgIpc) is 3.15. The molecule has 34 heavy (non-hydrogen) atoms. The minimum atomic E-state index is 0.141. The Morgan fingerprint density at radius 2 is 1.56 bits per heavy atom. The summed E-state index contributed by atoms with van der Waals surface area (Å²) in [5.74, 6) is 2.09. The smallest absolute Gasteiger partial charge is 0.219 e. The van der Waals surface area contributed by atoms with Crippen LogP contribution in [0.25, 0.3) is 38.5 Å². The molecule has 1 N–H and O–H groups in total. The van der Waals surface area contributed by atoms with Crippen LogP contribution in [0, 0.1) is 20.8 Å². The molecule has 5 heteroatoms. The van der Waals surface area contributed by atoms with E-state index in [9.17, 15) is 5.11 Å². The van der Waals surface area contributed by atoms with Crippen molar-refractivity contribution >= 4 is 32.7 Å². The van der Waals surface area contributed by atoms with Crippen LogP contribution < -0.4 is 4.74 Å². The van der Waals surface area contributed by atoms with Crippen molar-refractivity contribution in [1.82, 2.24) is 14.5 Å². The van der Waals surface area contributed by atoms with Gasteiger partial charge in [0.15, 0.2) is 0 Å². The summed E-state index contributed by atoms with van der Waals surface area (Å²) in [6.07, 6.45) is 1.88. The van der Waals surface area contributed by atoms with Gasteiger partial charge in [-0.15, -0.1) is 0 Å². The van der Waals surface area contributed by atoms with E-state index in [0.717, 1.165) is 38.8 Å². The molecular formula is C29H23N3O2. The third-order valence-electron chi connectivity index (χ3n) is 6.27. The standard InChI is InChI=1S/C29H23N3O2/c1-17-4-10-24-23(14-17)22-8-7-20(15-25(22)32(24)27-12-5-18(2)16-30-27)34-28-13-9-21-19(3)6-11-26(33)29(21)31-28/h4-16,33H,1-3H3. The molecule has 0 saturated heterocycles. The molecule has 0 aliphatic heterocycles. The molecule has 166 valence electrons. The summed E-state index contributed by atoms with van der Waals surface area (Å²) in [5, 5.41) is 13.5. The van der Waals surface area contributed by atoms with E-state index in [1.54, 1.807) is 6.07 Å². The number of rotatable bonds is 3. The first-order chi connectivity index (χ1) is 16.5. The summed E-state index contributed by atoms with van der Waals surface area (Å²) in [5.41, 5.74) is 6.02. The lowest BCUT2D eigenvalue weighted by atomic mass is 10.1. The Hall–Kier alpha value is -4.38. The number of phenolic OH excluding ortho intramolecular Hbond substituents is 1. The van der Waals surface area contributed by atoms with Crippen molar-refractivity contribution < 1.29 is 9.84 Å². The number of pyridine rings is 2. The van der Waals surface area contributed by atoms with Gasteiger partial charge >= 0.3 is 0 Å². The van der Waals surface area contributed by atoms with Crippen LogP contribution >= 0.6 is 0 Å². The van der Waals surface area contributed by atoms with E-state index in [-0.39, 0.29) is 5.75 Å². The molecule has 3 aromatic carbocycles. The number of ether oxygens (including phenoxy) is 1. The second-order valence-corrected chi connectivity index (χ2v) is 8.78. The molecule has 0 bridgehead atoms. The summed E-state index contributed by atoms with van der Waals surface area (Å²) in [7, 11) is 0. The topological polar surface area (TPSA) is 60.2 Å². The third-order valence-corrected chi connectivity index (χ3v) is 6.27. The van der Waals surface area contributed by atoms with E-state index in [1.165, 1.54) is 10.9 Å². The van der Waals surface area contributed by atoms with Crippen LogP contribution in [0.3, 0.4) is 0 Å². The van der Waals surface area contributed by atoms with Gasteiger partial charge in [0, 0.05) is 34.5 Å². The second kappa shape index (κ2) is 7.59. The average molecular weight is 446 g/mol. The predicted octanol–water partition coefficient (Wildman–Crippen LogP) is 7.15. The molecule has 6 rings (SSSR count). The van der Waals surface area contributed by atoms with Gasteiger partial charge in [-0.3, -0.25) is 4.57 Å². The number of aromatic hydroxyl groups is 1. The molecule has 0 saturated carbocycles. The van der Waals surface area contributed by atoms with Gasteiger partial charge in [0.25, 0.3) is 0 Å². The van der Waals surface area contributed by atoms with Crippen LogP contribution in [-0.2, 0) is 0 Å². The highest BCUT2D eigenvalue weighted by molar-refractivity contribution is 6.09. The molecule has 5 nitrogen and oxygen atoms in total. The Morgan fingerprint density at radius 1 is 0.735 bits per heavy atom. The van der Waals surface area contributed by atoms with Crippen molar-refractivity contribution in [2.24, 2.45) is 0 Å². The van der Waals surface area contributed by atoms with E-state index < -0.39 is 0 Å². The third kappa shape index (κ3) is 3.25. The van der Waals surface area contributed by atoms with Crippen molar-refractivity contribution in [3.63, 3.8) is 0 Å². The first kappa shape index (κ1) is 20.2. The van der Waals surface area contributed by atoms with Crippen molar-refractivity contribution in [2.75, 3.05) is 0 Å². The minimum absolute atomic E-state index is 0.141. The van der Waals surface area contributed by atoms with Crippen molar-refractivity contribution in [2.45, 2.75) is 20.8 Å². The maximum absolute atomic E-state index is 10.3. The quantitative estimate of drug-likeness (QED) is 0.314. The fourth-order valence-corrected chi connectivity index (χ4v) is 4.52. The second-order valence-electron chi connectivity index (χ2n) is 8.78. The molecule has 3 heterocycles. The number of aromatic nitrogens is 3. The van der Waals surface area contributed by atoms with Crippen LogP contribution in [0.1, 0.15) is 16.7 Å². The van der Waals surface area contributed by atoms with E-state index in [4.69, 9.17) is 9.72 Å². The lowest BCUT2D eigenvalue weighted by Crippen LogP contribution is -1.97. The van der Waals surface area contributed by atoms with E-state index in [1.807, 2.05) is 56.4 Å². The first-order valence-electron chi connectivity index (χ1n) is 11.2. The van der Waals surface area contributed by atoms with Gasteiger partial charge in [-0.1, -0.05) is 23.8 Å². The largest absolute Gasteiger partial charge is 0.506 e. The van der Waals surface area contributed by atoms with Crippen molar-refractivity contribution in [3.05, 3.63) is 95.7 Å². The predicted molar refractivity (Wildman–Crippen MR) is 136 cm³/mol. The molecule has 0 spiro atoms. The first-order valence-corrected chi connectivity index (χ1v) is 11.2.